The first-order valence-electron chi connectivity index (χ1n) is 10.8. The van der Waals surface area contributed by atoms with Gasteiger partial charge in [0.2, 0.25) is 11.7 Å². The summed E-state index contributed by atoms with van der Waals surface area (Å²) in [5.74, 6) is -0.595. The maximum Gasteiger partial charge on any atom is 0.239 e. The van der Waals surface area contributed by atoms with Gasteiger partial charge in [0.25, 0.3) is 0 Å². The number of nitrogens with one attached hydrogen (secondary N) is 2. The second-order valence-electron chi connectivity index (χ2n) is 8.34. The summed E-state index contributed by atoms with van der Waals surface area (Å²) in [5.41, 5.74) is 1.93. The lowest BCUT2D eigenvalue weighted by Gasteiger charge is -2.19. The number of ketones is 1. The monoisotopic (exact) mass is 484 g/mol. The van der Waals surface area contributed by atoms with Crippen molar-refractivity contribution >= 4 is 34.8 Å². The van der Waals surface area contributed by atoms with E-state index < -0.39 is 18.2 Å². The van der Waals surface area contributed by atoms with Gasteiger partial charge in [-0.1, -0.05) is 19.1 Å². The summed E-state index contributed by atoms with van der Waals surface area (Å²) in [5, 5.41) is 30.5. The average molecular weight is 485 g/mol. The predicted molar refractivity (Wildman–Crippen MR) is 126 cm³/mol. The van der Waals surface area contributed by atoms with E-state index in [2.05, 4.69) is 25.7 Å². The Bertz CT molecular complexity index is 1190. The third-order valence-corrected chi connectivity index (χ3v) is 6.04. The zero-order valence-electron chi connectivity index (χ0n) is 18.4. The van der Waals surface area contributed by atoms with E-state index in [1.54, 1.807) is 23.0 Å². The largest absolute Gasteiger partial charge is 0.390 e. The normalized spacial score (nSPS) is 21.9. The molecule has 3 aromatic rings. The van der Waals surface area contributed by atoms with Gasteiger partial charge in [-0.15, -0.1) is 11.6 Å². The van der Waals surface area contributed by atoms with Crippen LogP contribution < -0.4 is 10.6 Å². The second-order valence-corrected chi connectivity index (χ2v) is 8.61. The maximum atomic E-state index is 13.2. The molecule has 0 radical (unpaired) electrons. The van der Waals surface area contributed by atoms with Crippen LogP contribution in [0.4, 0.5) is 11.5 Å². The van der Waals surface area contributed by atoms with Crippen molar-refractivity contribution in [3.8, 4) is 0 Å². The van der Waals surface area contributed by atoms with Crippen LogP contribution in [0.3, 0.4) is 0 Å². The summed E-state index contributed by atoms with van der Waals surface area (Å²) in [6.45, 7) is 2.24. The Hall–Kier alpha value is -3.34. The molecular weight excluding hydrogens is 460 g/mol. The highest BCUT2D eigenvalue weighted by Crippen LogP contribution is 2.29. The minimum atomic E-state index is -0.961. The Morgan fingerprint density at radius 2 is 2.06 bits per heavy atom. The Kier molecular flexibility index (Phi) is 7.20. The lowest BCUT2D eigenvalue weighted by Crippen LogP contribution is -2.35. The molecule has 2 heterocycles. The highest BCUT2D eigenvalue weighted by Gasteiger charge is 2.39. The molecule has 0 spiro atoms. The van der Waals surface area contributed by atoms with Crippen molar-refractivity contribution in [2.24, 2.45) is 5.92 Å². The van der Waals surface area contributed by atoms with E-state index in [4.69, 9.17) is 11.6 Å². The number of alkyl halides is 1. The third kappa shape index (κ3) is 5.24. The zero-order valence-corrected chi connectivity index (χ0v) is 19.2. The summed E-state index contributed by atoms with van der Waals surface area (Å²) >= 11 is 5.54. The molecule has 34 heavy (non-hydrogen) atoms. The van der Waals surface area contributed by atoms with Crippen molar-refractivity contribution in [2.75, 3.05) is 16.5 Å². The number of rotatable bonds is 8. The van der Waals surface area contributed by atoms with Crippen molar-refractivity contribution in [1.29, 1.82) is 0 Å². The fourth-order valence-electron chi connectivity index (χ4n) is 4.02. The predicted octanol–water partition coefficient (Wildman–Crippen LogP) is 1.67. The van der Waals surface area contributed by atoms with Crippen molar-refractivity contribution in [3.05, 3.63) is 65.9 Å². The molecule has 1 amide bonds. The van der Waals surface area contributed by atoms with E-state index >= 15 is 0 Å². The molecule has 2 aromatic heterocycles. The van der Waals surface area contributed by atoms with Crippen LogP contribution in [0.15, 0.2) is 49.1 Å². The number of carbonyl (C=O) groups is 2. The zero-order chi connectivity index (χ0) is 24.2. The molecule has 1 aliphatic rings. The molecular formula is C23H25ClN6O4. The van der Waals surface area contributed by atoms with Crippen LogP contribution in [0, 0.1) is 5.92 Å². The highest BCUT2D eigenvalue weighted by molar-refractivity contribution is 6.29. The fraction of sp³-hybridized carbons (Fsp3) is 0.348. The van der Waals surface area contributed by atoms with Crippen molar-refractivity contribution in [2.45, 2.75) is 38.1 Å². The average Bonchev–Trinajstić information content (AvgIpc) is 3.39. The minimum Gasteiger partial charge on any atom is -0.390 e. The number of hydrogen-bond acceptors (Lipinski definition) is 8. The molecule has 0 unspecified atom stereocenters. The number of aromatic nitrogens is 4. The Labute approximate surface area is 201 Å². The van der Waals surface area contributed by atoms with Crippen LogP contribution in [0.25, 0.3) is 0 Å². The Morgan fingerprint density at radius 3 is 2.79 bits per heavy atom. The standard InChI is InChI=1S/C23H25ClN6O4/c1-13-7-18(22(34)20(13)32)28-23-16(10-25-12-26-23)21(33)17-5-6-30(29-17)11-14-3-2-4-15(8-14)27-19(31)9-24/h2-6,8,10,12-13,18,20,22,32,34H,7,9,11H2,1H3,(H,27,31)(H,25,26,28)/t13-,18-,20-,22+/m1/s1. The van der Waals surface area contributed by atoms with Gasteiger partial charge in [-0.05, 0) is 36.1 Å². The van der Waals surface area contributed by atoms with E-state index in [0.717, 1.165) is 5.56 Å². The van der Waals surface area contributed by atoms with Crippen LogP contribution in [0.2, 0.25) is 0 Å². The molecule has 4 rings (SSSR count). The summed E-state index contributed by atoms with van der Waals surface area (Å²) < 4.78 is 1.62. The van der Waals surface area contributed by atoms with Crippen molar-refractivity contribution in [1.82, 2.24) is 19.7 Å². The quantitative estimate of drug-likeness (QED) is 0.279. The molecule has 1 fully saturated rings. The van der Waals surface area contributed by atoms with Crippen LogP contribution in [0.5, 0.6) is 0 Å². The van der Waals surface area contributed by atoms with Gasteiger partial charge in [0.05, 0.1) is 24.3 Å². The summed E-state index contributed by atoms with van der Waals surface area (Å²) in [7, 11) is 0. The van der Waals surface area contributed by atoms with Gasteiger partial charge < -0.3 is 20.8 Å². The van der Waals surface area contributed by atoms with E-state index in [0.29, 0.717) is 18.7 Å². The molecule has 1 aromatic carbocycles. The number of carbonyl (C=O) groups excluding carboxylic acids is 2. The number of aliphatic hydroxyl groups excluding tert-OH is 2. The van der Waals surface area contributed by atoms with Gasteiger partial charge in [0.1, 0.15) is 29.8 Å². The molecule has 4 atom stereocenters. The molecule has 0 saturated heterocycles. The number of aliphatic hydroxyl groups is 2. The van der Waals surface area contributed by atoms with Crippen molar-refractivity contribution in [3.63, 3.8) is 0 Å². The molecule has 178 valence electrons. The first-order chi connectivity index (χ1) is 16.4. The number of anilines is 2. The Balaban J connectivity index is 1.48. The molecule has 0 bridgehead atoms. The molecule has 4 N–H and O–H groups in total. The van der Waals surface area contributed by atoms with Gasteiger partial charge in [-0.25, -0.2) is 9.97 Å². The lowest BCUT2D eigenvalue weighted by atomic mass is 10.1. The van der Waals surface area contributed by atoms with Crippen LogP contribution in [0.1, 0.15) is 35.0 Å². The number of amides is 1. The minimum absolute atomic E-state index is 0.0778. The molecule has 10 nitrogen and oxygen atoms in total. The van der Waals surface area contributed by atoms with Crippen LogP contribution in [-0.2, 0) is 11.3 Å². The van der Waals surface area contributed by atoms with Gasteiger partial charge in [0, 0.05) is 18.1 Å². The lowest BCUT2D eigenvalue weighted by molar-refractivity contribution is -0.113. The van der Waals surface area contributed by atoms with Crippen molar-refractivity contribution < 1.29 is 19.8 Å². The smallest absolute Gasteiger partial charge is 0.239 e. The van der Waals surface area contributed by atoms with E-state index in [1.165, 1.54) is 12.5 Å². The van der Waals surface area contributed by atoms with Gasteiger partial charge in [-0.3, -0.25) is 14.3 Å². The summed E-state index contributed by atoms with van der Waals surface area (Å²) in [4.78, 5) is 32.8. The third-order valence-electron chi connectivity index (χ3n) is 5.80. The fourth-order valence-corrected chi connectivity index (χ4v) is 4.09. The van der Waals surface area contributed by atoms with E-state index in [1.807, 2.05) is 25.1 Å². The maximum absolute atomic E-state index is 13.2. The number of hydrogen-bond donors (Lipinski definition) is 4. The van der Waals surface area contributed by atoms with Gasteiger partial charge in [-0.2, -0.15) is 5.10 Å². The van der Waals surface area contributed by atoms with E-state index in [9.17, 15) is 19.8 Å². The topological polar surface area (TPSA) is 142 Å². The van der Waals surface area contributed by atoms with Gasteiger partial charge in [0.15, 0.2) is 0 Å². The molecule has 11 heteroatoms. The van der Waals surface area contributed by atoms with E-state index in [-0.39, 0.29) is 40.6 Å². The van der Waals surface area contributed by atoms with Crippen LogP contribution >= 0.6 is 11.6 Å². The second kappa shape index (κ2) is 10.3. The molecule has 1 aliphatic carbocycles. The summed E-state index contributed by atoms with van der Waals surface area (Å²) in [6, 6.07) is 8.43. The molecule has 0 aliphatic heterocycles. The number of benzene rings is 1. The van der Waals surface area contributed by atoms with Crippen LogP contribution in [-0.4, -0.2) is 65.8 Å². The highest BCUT2D eigenvalue weighted by atomic mass is 35.5. The first-order valence-corrected chi connectivity index (χ1v) is 11.3. The SMILES string of the molecule is C[C@@H]1C[C@@H](Nc2ncncc2C(=O)c2ccn(Cc3cccc(NC(=O)CCl)c3)n2)[C@H](O)[C@@H]1O. The summed E-state index contributed by atoms with van der Waals surface area (Å²) in [6.07, 6.45) is 3.15. The number of nitrogens with zero attached hydrogens (tertiary/aromatic N) is 4. The Morgan fingerprint density at radius 1 is 1.24 bits per heavy atom. The first kappa shape index (κ1) is 23.8. The van der Waals surface area contributed by atoms with Gasteiger partial charge >= 0.3 is 0 Å². The number of halogens is 1. The molecule has 1 saturated carbocycles.